The summed E-state index contributed by atoms with van der Waals surface area (Å²) in [5.41, 5.74) is 0. The number of ether oxygens (including phenoxy) is 2. The molecule has 0 aromatic carbocycles. The van der Waals surface area contributed by atoms with Crippen LogP contribution in [-0.4, -0.2) is 60.0 Å². The summed E-state index contributed by atoms with van der Waals surface area (Å²) >= 11 is 0. The maximum Gasteiger partial charge on any atom is 0.407 e. The maximum atomic E-state index is 12.5. The van der Waals surface area contributed by atoms with Crippen LogP contribution in [0.2, 0.25) is 0 Å². The van der Waals surface area contributed by atoms with Crippen LogP contribution in [0.15, 0.2) is 4.52 Å². The largest absolute Gasteiger partial charge is 0.447 e. The molecule has 3 rings (SSSR count). The predicted octanol–water partition coefficient (Wildman–Crippen LogP) is 0.0304. The maximum absolute atomic E-state index is 12.5. The van der Waals surface area contributed by atoms with E-state index in [1.54, 1.807) is 12.0 Å². The van der Waals surface area contributed by atoms with Crippen LogP contribution in [0.3, 0.4) is 0 Å². The van der Waals surface area contributed by atoms with Crippen molar-refractivity contribution in [3.63, 3.8) is 0 Å². The summed E-state index contributed by atoms with van der Waals surface area (Å²) in [7, 11) is 1.61. The monoisotopic (exact) mass is 310 g/mol. The number of rotatable bonds is 5. The lowest BCUT2D eigenvalue weighted by Gasteiger charge is -2.23. The molecule has 1 N–H and O–H groups in total. The van der Waals surface area contributed by atoms with Gasteiger partial charge in [0.25, 0.3) is 0 Å². The summed E-state index contributed by atoms with van der Waals surface area (Å²) in [4.78, 5) is 29.6. The van der Waals surface area contributed by atoms with Gasteiger partial charge in [0.15, 0.2) is 5.82 Å². The number of aromatic nitrogens is 2. The van der Waals surface area contributed by atoms with Gasteiger partial charge in [0.1, 0.15) is 18.7 Å². The van der Waals surface area contributed by atoms with Crippen molar-refractivity contribution >= 4 is 12.0 Å². The second kappa shape index (κ2) is 6.30. The van der Waals surface area contributed by atoms with Gasteiger partial charge in [0, 0.05) is 20.1 Å². The van der Waals surface area contributed by atoms with Crippen LogP contribution in [0.1, 0.15) is 30.6 Å². The number of cyclic esters (lactones) is 1. The molecule has 0 spiro atoms. The van der Waals surface area contributed by atoms with E-state index in [4.69, 9.17) is 14.0 Å². The van der Waals surface area contributed by atoms with Crippen molar-refractivity contribution in [3.05, 3.63) is 11.7 Å². The van der Waals surface area contributed by atoms with E-state index < -0.39 is 12.1 Å². The number of carbonyl (C=O) groups excluding carboxylic acids is 2. The first-order chi connectivity index (χ1) is 10.7. The van der Waals surface area contributed by atoms with Crippen LogP contribution in [0.5, 0.6) is 0 Å². The normalized spacial score (nSPS) is 24.4. The summed E-state index contributed by atoms with van der Waals surface area (Å²) < 4.78 is 15.0. The molecule has 0 radical (unpaired) electrons. The summed E-state index contributed by atoms with van der Waals surface area (Å²) in [5.74, 6) is 0.820. The summed E-state index contributed by atoms with van der Waals surface area (Å²) in [6, 6.07) is -0.877. The van der Waals surface area contributed by atoms with Gasteiger partial charge in [-0.15, -0.1) is 0 Å². The highest BCUT2D eigenvalue weighted by Gasteiger charge is 2.39. The molecule has 22 heavy (non-hydrogen) atoms. The van der Waals surface area contributed by atoms with Crippen LogP contribution < -0.4 is 5.32 Å². The van der Waals surface area contributed by atoms with Gasteiger partial charge in [-0.2, -0.15) is 4.98 Å². The number of methoxy groups -OCH3 is 1. The van der Waals surface area contributed by atoms with Gasteiger partial charge < -0.3 is 24.2 Å². The molecule has 3 heterocycles. The minimum absolute atomic E-state index is 0.0593. The third-order valence-electron chi connectivity index (χ3n) is 3.81. The fourth-order valence-corrected chi connectivity index (χ4v) is 2.70. The third-order valence-corrected chi connectivity index (χ3v) is 3.81. The van der Waals surface area contributed by atoms with E-state index in [1.807, 2.05) is 0 Å². The standard InChI is InChI=1S/C13H18N4O5/c1-20-6-4-10-15-11(22-16-10)9-3-2-5-17(9)12(18)8-7-21-13(19)14-8/h8-9H,2-7H2,1H3,(H,14,19)/t8-,9-/m0/s1. The Labute approximate surface area is 126 Å². The molecule has 1 aromatic rings. The van der Waals surface area contributed by atoms with E-state index in [-0.39, 0.29) is 18.6 Å². The highest BCUT2D eigenvalue weighted by molar-refractivity contribution is 5.88. The molecule has 2 fully saturated rings. The molecule has 2 aliphatic heterocycles. The average Bonchev–Trinajstić information content (AvgIpc) is 3.23. The second-order valence-electron chi connectivity index (χ2n) is 5.28. The number of amides is 2. The first-order valence-corrected chi connectivity index (χ1v) is 7.24. The molecular weight excluding hydrogens is 292 g/mol. The van der Waals surface area contributed by atoms with Crippen LogP contribution >= 0.6 is 0 Å². The van der Waals surface area contributed by atoms with E-state index in [9.17, 15) is 9.59 Å². The molecule has 120 valence electrons. The first-order valence-electron chi connectivity index (χ1n) is 7.24. The van der Waals surface area contributed by atoms with Crippen LogP contribution in [0.4, 0.5) is 4.79 Å². The van der Waals surface area contributed by atoms with Gasteiger partial charge >= 0.3 is 6.09 Å². The number of hydrogen-bond donors (Lipinski definition) is 1. The van der Waals surface area contributed by atoms with Gasteiger partial charge in [-0.1, -0.05) is 5.16 Å². The van der Waals surface area contributed by atoms with Crippen molar-refractivity contribution < 1.29 is 23.6 Å². The fourth-order valence-electron chi connectivity index (χ4n) is 2.70. The van der Waals surface area contributed by atoms with Crippen molar-refractivity contribution in [2.75, 3.05) is 26.9 Å². The Hall–Kier alpha value is -2.16. The van der Waals surface area contributed by atoms with Crippen LogP contribution in [-0.2, 0) is 20.7 Å². The SMILES string of the molecule is COCCc1noc([C@@H]2CCCN2C(=O)[C@@H]2COC(=O)N2)n1. The van der Waals surface area contributed by atoms with Crippen molar-refractivity contribution in [3.8, 4) is 0 Å². The van der Waals surface area contributed by atoms with Gasteiger partial charge in [-0.05, 0) is 12.8 Å². The number of alkyl carbamates (subject to hydrolysis) is 1. The molecule has 0 bridgehead atoms. The number of nitrogens with one attached hydrogen (secondary N) is 1. The predicted molar refractivity (Wildman–Crippen MR) is 71.8 cm³/mol. The Morgan fingerprint density at radius 3 is 3.14 bits per heavy atom. The molecule has 2 amide bonds. The topological polar surface area (TPSA) is 107 Å². The molecule has 9 nitrogen and oxygen atoms in total. The van der Waals surface area contributed by atoms with Crippen molar-refractivity contribution in [2.24, 2.45) is 0 Å². The quantitative estimate of drug-likeness (QED) is 0.817. The number of hydrogen-bond acceptors (Lipinski definition) is 7. The Morgan fingerprint density at radius 1 is 1.55 bits per heavy atom. The minimum atomic E-state index is -0.635. The van der Waals surface area contributed by atoms with Crippen LogP contribution in [0, 0.1) is 0 Å². The van der Waals surface area contributed by atoms with E-state index in [0.717, 1.165) is 12.8 Å². The second-order valence-corrected chi connectivity index (χ2v) is 5.28. The Balaban J connectivity index is 1.68. The third kappa shape index (κ3) is 2.89. The smallest absolute Gasteiger partial charge is 0.407 e. The zero-order chi connectivity index (χ0) is 15.5. The Bertz CT molecular complexity index is 560. The highest BCUT2D eigenvalue weighted by Crippen LogP contribution is 2.31. The summed E-state index contributed by atoms with van der Waals surface area (Å²) in [6.07, 6.45) is 1.62. The summed E-state index contributed by atoms with van der Waals surface area (Å²) in [6.45, 7) is 1.17. The van der Waals surface area contributed by atoms with E-state index >= 15 is 0 Å². The number of nitrogens with zero attached hydrogens (tertiary/aromatic N) is 3. The van der Waals surface area contributed by atoms with E-state index in [1.165, 1.54) is 0 Å². The van der Waals surface area contributed by atoms with Gasteiger partial charge in [-0.3, -0.25) is 4.79 Å². The van der Waals surface area contributed by atoms with Gasteiger partial charge in [0.2, 0.25) is 11.8 Å². The number of carbonyl (C=O) groups is 2. The Morgan fingerprint density at radius 2 is 2.41 bits per heavy atom. The zero-order valence-corrected chi connectivity index (χ0v) is 12.3. The molecule has 2 saturated heterocycles. The van der Waals surface area contributed by atoms with Gasteiger partial charge in [0.05, 0.1) is 6.61 Å². The zero-order valence-electron chi connectivity index (χ0n) is 12.3. The minimum Gasteiger partial charge on any atom is -0.447 e. The summed E-state index contributed by atoms with van der Waals surface area (Å²) in [5, 5.41) is 6.40. The van der Waals surface area contributed by atoms with E-state index in [0.29, 0.717) is 31.3 Å². The molecular formula is C13H18N4O5. The molecule has 2 atom stereocenters. The fraction of sp³-hybridized carbons (Fsp3) is 0.692. The average molecular weight is 310 g/mol. The molecule has 1 aromatic heterocycles. The first kappa shape index (κ1) is 14.8. The lowest BCUT2D eigenvalue weighted by molar-refractivity contribution is -0.134. The molecule has 0 saturated carbocycles. The van der Waals surface area contributed by atoms with Crippen molar-refractivity contribution in [1.29, 1.82) is 0 Å². The molecule has 0 aliphatic carbocycles. The van der Waals surface area contributed by atoms with Crippen molar-refractivity contribution in [1.82, 2.24) is 20.4 Å². The molecule has 9 heteroatoms. The molecule has 2 aliphatic rings. The van der Waals surface area contributed by atoms with Gasteiger partial charge in [-0.25, -0.2) is 4.79 Å². The lowest BCUT2D eigenvalue weighted by Crippen LogP contribution is -2.45. The Kier molecular flexibility index (Phi) is 4.23. The lowest BCUT2D eigenvalue weighted by atomic mass is 10.2. The van der Waals surface area contributed by atoms with Crippen molar-refractivity contribution in [2.45, 2.75) is 31.3 Å². The molecule has 0 unspecified atom stereocenters. The van der Waals surface area contributed by atoms with E-state index in [2.05, 4.69) is 15.5 Å². The number of likely N-dealkylation sites (tertiary alicyclic amines) is 1. The highest BCUT2D eigenvalue weighted by atomic mass is 16.6. The van der Waals surface area contributed by atoms with Crippen LogP contribution in [0.25, 0.3) is 0 Å².